The van der Waals surface area contributed by atoms with Crippen LogP contribution in [0.25, 0.3) is 11.4 Å². The highest BCUT2D eigenvalue weighted by atomic mass is 16.5. The maximum Gasteiger partial charge on any atom is 0.214 e. The Balaban J connectivity index is 2.48. The summed E-state index contributed by atoms with van der Waals surface area (Å²) >= 11 is 0. The van der Waals surface area contributed by atoms with E-state index >= 15 is 0 Å². The molecule has 59 valence electrons. The Labute approximate surface area is 69.5 Å². The Morgan fingerprint density at radius 3 is 3.08 bits per heavy atom. The molecule has 0 spiro atoms. The van der Waals surface area contributed by atoms with Crippen molar-refractivity contribution >= 4 is 0 Å². The highest BCUT2D eigenvalue weighted by molar-refractivity contribution is 5.50. The van der Waals surface area contributed by atoms with E-state index in [4.69, 9.17) is 0 Å². The highest BCUT2D eigenvalue weighted by Crippen LogP contribution is 2.09. The van der Waals surface area contributed by atoms with Crippen molar-refractivity contribution in [1.82, 2.24) is 10.1 Å². The van der Waals surface area contributed by atoms with Crippen molar-refractivity contribution in [3.63, 3.8) is 0 Å². The zero-order valence-electron chi connectivity index (χ0n) is 6.34. The minimum absolute atomic E-state index is 0.577. The predicted octanol–water partition coefficient (Wildman–Crippen LogP) is 0.664. The second-order valence-electron chi connectivity index (χ2n) is 2.36. The van der Waals surface area contributed by atoms with E-state index in [0.717, 1.165) is 5.56 Å². The second kappa shape index (κ2) is 2.73. The summed E-state index contributed by atoms with van der Waals surface area (Å²) in [7, 11) is 3.72. The van der Waals surface area contributed by atoms with E-state index < -0.39 is 0 Å². The van der Waals surface area contributed by atoms with Crippen LogP contribution in [0.1, 0.15) is 0 Å². The van der Waals surface area contributed by atoms with Gasteiger partial charge in [-0.3, -0.25) is 0 Å². The highest BCUT2D eigenvalue weighted by Gasteiger charge is 2.05. The molecule has 0 saturated carbocycles. The molecule has 0 N–H and O–H groups in total. The average molecular weight is 161 g/mol. The molecule has 12 heavy (non-hydrogen) atoms. The molecule has 0 fully saturated rings. The molecule has 1 radical (unpaired) electrons. The first-order valence-corrected chi connectivity index (χ1v) is 3.45. The molecule has 0 atom stereocenters. The van der Waals surface area contributed by atoms with Crippen molar-refractivity contribution < 1.29 is 9.09 Å². The van der Waals surface area contributed by atoms with Crippen LogP contribution in [0.15, 0.2) is 35.4 Å². The lowest BCUT2D eigenvalue weighted by Gasteiger charge is -1.89. The molecule has 0 aliphatic carbocycles. The van der Waals surface area contributed by atoms with Crippen LogP contribution in [0.5, 0.6) is 0 Å². The molecule has 2 aromatic rings. The van der Waals surface area contributed by atoms with Crippen LogP contribution in [-0.4, -0.2) is 10.1 Å². The molecule has 0 bridgehead atoms. The zero-order valence-corrected chi connectivity index (χ0v) is 6.34. The van der Waals surface area contributed by atoms with Crippen LogP contribution in [0.4, 0.5) is 0 Å². The zero-order chi connectivity index (χ0) is 8.39. The number of nitrogens with zero attached hydrogens (tertiary/aromatic N) is 3. The SMILES string of the molecule is [CH2][n+]1cccc(-c2ncon2)c1. The van der Waals surface area contributed by atoms with Gasteiger partial charge in [-0.05, 0) is 6.07 Å². The molecule has 4 heteroatoms. The number of pyridine rings is 1. The maximum atomic E-state index is 4.62. The quantitative estimate of drug-likeness (QED) is 0.577. The van der Waals surface area contributed by atoms with E-state index in [1.54, 1.807) is 4.57 Å². The summed E-state index contributed by atoms with van der Waals surface area (Å²) in [4.78, 5) is 3.91. The summed E-state index contributed by atoms with van der Waals surface area (Å²) in [6, 6.07) is 3.77. The van der Waals surface area contributed by atoms with Crippen molar-refractivity contribution in [3.05, 3.63) is 38.0 Å². The Morgan fingerprint density at radius 2 is 2.42 bits per heavy atom. The second-order valence-corrected chi connectivity index (χ2v) is 2.36. The number of rotatable bonds is 1. The van der Waals surface area contributed by atoms with Crippen molar-refractivity contribution in [2.45, 2.75) is 0 Å². The van der Waals surface area contributed by atoms with Gasteiger partial charge in [-0.1, -0.05) is 5.16 Å². The normalized spacial score (nSPS) is 10.1. The predicted molar refractivity (Wildman–Crippen MR) is 40.7 cm³/mol. The summed E-state index contributed by atoms with van der Waals surface area (Å²) in [5, 5.41) is 3.70. The van der Waals surface area contributed by atoms with E-state index in [1.165, 1.54) is 6.39 Å². The van der Waals surface area contributed by atoms with Crippen molar-refractivity contribution in [2.24, 2.45) is 0 Å². The van der Waals surface area contributed by atoms with Crippen molar-refractivity contribution in [1.29, 1.82) is 0 Å². The minimum atomic E-state index is 0.577. The first-order valence-electron chi connectivity index (χ1n) is 3.45. The van der Waals surface area contributed by atoms with Gasteiger partial charge in [0.1, 0.15) is 0 Å². The van der Waals surface area contributed by atoms with Gasteiger partial charge < -0.3 is 4.52 Å². The third-order valence-electron chi connectivity index (χ3n) is 1.48. The monoisotopic (exact) mass is 161 g/mol. The molecular weight excluding hydrogens is 154 g/mol. The van der Waals surface area contributed by atoms with E-state index in [2.05, 4.69) is 21.7 Å². The fourth-order valence-electron chi connectivity index (χ4n) is 0.952. The van der Waals surface area contributed by atoms with Gasteiger partial charge in [-0.25, -0.2) is 0 Å². The van der Waals surface area contributed by atoms with Gasteiger partial charge in [0.15, 0.2) is 12.4 Å². The molecule has 0 saturated heterocycles. The van der Waals surface area contributed by atoms with Crippen LogP contribution in [-0.2, 0) is 0 Å². The van der Waals surface area contributed by atoms with Crippen LogP contribution in [0, 0.1) is 7.05 Å². The van der Waals surface area contributed by atoms with Gasteiger partial charge in [-0.15, -0.1) is 0 Å². The minimum Gasteiger partial charge on any atom is -0.342 e. The number of hydrogen-bond donors (Lipinski definition) is 0. The molecule has 2 rings (SSSR count). The van der Waals surface area contributed by atoms with E-state index in [0.29, 0.717) is 5.82 Å². The topological polar surface area (TPSA) is 42.8 Å². The fourth-order valence-corrected chi connectivity index (χ4v) is 0.952. The smallest absolute Gasteiger partial charge is 0.214 e. The number of aromatic nitrogens is 3. The molecule has 0 amide bonds. The summed E-state index contributed by atoms with van der Waals surface area (Å²) in [6.45, 7) is 0. The fraction of sp³-hybridized carbons (Fsp3) is 0. The van der Waals surface area contributed by atoms with Crippen molar-refractivity contribution in [3.8, 4) is 11.4 Å². The lowest BCUT2D eigenvalue weighted by Crippen LogP contribution is -2.23. The Morgan fingerprint density at radius 1 is 1.50 bits per heavy atom. The van der Waals surface area contributed by atoms with Gasteiger partial charge in [0.2, 0.25) is 19.3 Å². The number of hydrogen-bond acceptors (Lipinski definition) is 3. The van der Waals surface area contributed by atoms with Gasteiger partial charge in [0.05, 0.1) is 5.56 Å². The van der Waals surface area contributed by atoms with Gasteiger partial charge in [-0.2, -0.15) is 9.55 Å². The first kappa shape index (κ1) is 6.97. The summed E-state index contributed by atoms with van der Waals surface area (Å²) < 4.78 is 6.30. The molecule has 0 aliphatic heterocycles. The molecule has 0 aromatic carbocycles. The molecule has 2 aromatic heterocycles. The molecular formula is C8H7N3O+. The van der Waals surface area contributed by atoms with Crippen LogP contribution in [0.3, 0.4) is 0 Å². The van der Waals surface area contributed by atoms with E-state index in [-0.39, 0.29) is 0 Å². The van der Waals surface area contributed by atoms with Gasteiger partial charge in [0, 0.05) is 6.07 Å². The maximum absolute atomic E-state index is 4.62. The Hall–Kier alpha value is -1.71. The molecule has 4 nitrogen and oxygen atoms in total. The van der Waals surface area contributed by atoms with Gasteiger partial charge >= 0.3 is 0 Å². The third-order valence-corrected chi connectivity index (χ3v) is 1.48. The molecule has 0 unspecified atom stereocenters. The van der Waals surface area contributed by atoms with Crippen LogP contribution >= 0.6 is 0 Å². The Bertz CT molecular complexity index is 370. The summed E-state index contributed by atoms with van der Waals surface area (Å²) in [5.41, 5.74) is 0.890. The van der Waals surface area contributed by atoms with Gasteiger partial charge in [0.25, 0.3) is 0 Å². The summed E-state index contributed by atoms with van der Waals surface area (Å²) in [5.74, 6) is 0.577. The molecule has 2 heterocycles. The molecule has 0 aliphatic rings. The van der Waals surface area contributed by atoms with E-state index in [9.17, 15) is 0 Å². The first-order chi connectivity index (χ1) is 5.86. The van der Waals surface area contributed by atoms with E-state index in [1.807, 2.05) is 24.5 Å². The third kappa shape index (κ3) is 1.18. The standard InChI is InChI=1S/C8H7N3O/c1-11-4-2-3-7(5-11)8-9-6-12-10-8/h2-6H,1H2/q+1. The van der Waals surface area contributed by atoms with Crippen LogP contribution < -0.4 is 4.57 Å². The largest absolute Gasteiger partial charge is 0.342 e. The Kier molecular flexibility index (Phi) is 1.59. The van der Waals surface area contributed by atoms with Crippen LogP contribution in [0.2, 0.25) is 0 Å². The summed E-state index contributed by atoms with van der Waals surface area (Å²) in [6.07, 6.45) is 4.96. The lowest BCUT2D eigenvalue weighted by molar-refractivity contribution is -0.611. The lowest BCUT2D eigenvalue weighted by atomic mass is 10.3. The van der Waals surface area contributed by atoms with Crippen molar-refractivity contribution in [2.75, 3.05) is 0 Å². The average Bonchev–Trinajstić information content (AvgIpc) is 2.56.